The van der Waals surface area contributed by atoms with Gasteiger partial charge in [0.05, 0.1) is 44.4 Å². The minimum absolute atomic E-state index is 0. The molecule has 0 bridgehead atoms. The summed E-state index contributed by atoms with van der Waals surface area (Å²) in [5.41, 5.74) is 3.15. The van der Waals surface area contributed by atoms with Crippen LogP contribution in [0.4, 0.5) is 26.3 Å². The number of esters is 3. The van der Waals surface area contributed by atoms with Crippen LogP contribution in [0.1, 0.15) is 68.5 Å². The van der Waals surface area contributed by atoms with Crippen LogP contribution < -0.4 is 0 Å². The molecule has 0 heterocycles. The molecule has 3 aromatic carbocycles. The Hall–Kier alpha value is -4.87. The van der Waals surface area contributed by atoms with E-state index in [0.29, 0.717) is 22.3 Å². The fourth-order valence-corrected chi connectivity index (χ4v) is 3.43. The zero-order valence-corrected chi connectivity index (χ0v) is 25.1. The number of ether oxygens (including phenoxy) is 3. The van der Waals surface area contributed by atoms with E-state index in [1.54, 1.807) is 12.1 Å². The summed E-state index contributed by atoms with van der Waals surface area (Å²) >= 11 is 0. The monoisotopic (exact) mass is 654 g/mol. The summed E-state index contributed by atoms with van der Waals surface area (Å²) in [6.07, 6.45) is -9.46. The number of hydrogen-bond acceptors (Lipinski definition) is 6. The SMILES string of the molecule is C.C=C(CC(F)(F)F)c1ccc(C(=O)OC)cc1.COC(=O)c1ccc(/C(C)=C/C(F)(F)F)cc1.COC(=O)c1ccc(C)cc1. The average Bonchev–Trinajstić information content (AvgIpc) is 2.99. The van der Waals surface area contributed by atoms with Crippen molar-refractivity contribution in [3.8, 4) is 0 Å². The van der Waals surface area contributed by atoms with E-state index in [1.165, 1.54) is 76.8 Å². The van der Waals surface area contributed by atoms with Gasteiger partial charge in [0.15, 0.2) is 0 Å². The third-order valence-electron chi connectivity index (χ3n) is 5.74. The van der Waals surface area contributed by atoms with Gasteiger partial charge in [0.1, 0.15) is 0 Å². The van der Waals surface area contributed by atoms with Crippen LogP contribution in [-0.2, 0) is 14.2 Å². The first-order valence-corrected chi connectivity index (χ1v) is 12.9. The minimum atomic E-state index is -4.34. The van der Waals surface area contributed by atoms with E-state index in [-0.39, 0.29) is 36.2 Å². The Morgan fingerprint density at radius 1 is 0.630 bits per heavy atom. The molecule has 0 aliphatic carbocycles. The van der Waals surface area contributed by atoms with Crippen LogP contribution in [0.15, 0.2) is 85.5 Å². The van der Waals surface area contributed by atoms with Crippen molar-refractivity contribution in [2.75, 3.05) is 21.3 Å². The highest BCUT2D eigenvalue weighted by molar-refractivity contribution is 5.90. The highest BCUT2D eigenvalue weighted by atomic mass is 19.4. The van der Waals surface area contributed by atoms with Crippen molar-refractivity contribution in [3.63, 3.8) is 0 Å². The van der Waals surface area contributed by atoms with Crippen LogP contribution in [0.5, 0.6) is 0 Å². The van der Waals surface area contributed by atoms with Crippen LogP contribution >= 0.6 is 0 Å². The van der Waals surface area contributed by atoms with Gasteiger partial charge < -0.3 is 14.2 Å². The lowest BCUT2D eigenvalue weighted by Crippen LogP contribution is -2.07. The molecule has 0 aliphatic rings. The number of hydrogen-bond donors (Lipinski definition) is 0. The predicted molar refractivity (Wildman–Crippen MR) is 164 cm³/mol. The number of benzene rings is 3. The van der Waals surface area contributed by atoms with Gasteiger partial charge in [-0.05, 0) is 72.5 Å². The molecular formula is C34H36F6O6. The molecule has 0 amide bonds. The van der Waals surface area contributed by atoms with Crippen LogP contribution in [0, 0.1) is 6.92 Å². The summed E-state index contributed by atoms with van der Waals surface area (Å²) < 4.78 is 86.2. The van der Waals surface area contributed by atoms with Crippen molar-refractivity contribution < 1.29 is 54.9 Å². The van der Waals surface area contributed by atoms with E-state index < -0.39 is 30.7 Å². The van der Waals surface area contributed by atoms with Crippen LogP contribution in [0.3, 0.4) is 0 Å². The molecule has 250 valence electrons. The topological polar surface area (TPSA) is 78.9 Å². The molecule has 0 atom stereocenters. The summed E-state index contributed by atoms with van der Waals surface area (Å²) in [5.74, 6) is -1.34. The quantitative estimate of drug-likeness (QED) is 0.150. The molecule has 0 radical (unpaired) electrons. The third-order valence-corrected chi connectivity index (χ3v) is 5.74. The molecule has 0 saturated heterocycles. The lowest BCUT2D eigenvalue weighted by molar-refractivity contribution is -0.123. The molecular weight excluding hydrogens is 618 g/mol. The number of aryl methyl sites for hydroxylation is 1. The summed E-state index contributed by atoms with van der Waals surface area (Å²) in [6, 6.07) is 18.7. The molecule has 0 spiro atoms. The molecule has 0 saturated carbocycles. The molecule has 0 aromatic heterocycles. The average molecular weight is 655 g/mol. The summed E-state index contributed by atoms with van der Waals surface area (Å²) in [4.78, 5) is 33.1. The Morgan fingerprint density at radius 3 is 1.24 bits per heavy atom. The van der Waals surface area contributed by atoms with Crippen molar-refractivity contribution in [2.45, 2.75) is 40.0 Å². The van der Waals surface area contributed by atoms with Crippen molar-refractivity contribution in [2.24, 2.45) is 0 Å². The number of halogens is 6. The van der Waals surface area contributed by atoms with Gasteiger partial charge in [-0.25, -0.2) is 14.4 Å². The zero-order valence-electron chi connectivity index (χ0n) is 25.1. The smallest absolute Gasteiger partial charge is 0.410 e. The third kappa shape index (κ3) is 15.2. The maximum atomic E-state index is 12.1. The Labute approximate surface area is 264 Å². The van der Waals surface area contributed by atoms with E-state index in [0.717, 1.165) is 5.56 Å². The first-order valence-electron chi connectivity index (χ1n) is 12.9. The number of allylic oxidation sites excluding steroid dienone is 3. The largest absolute Gasteiger partial charge is 0.465 e. The molecule has 0 aliphatic heterocycles. The van der Waals surface area contributed by atoms with Gasteiger partial charge in [-0.2, -0.15) is 26.3 Å². The standard InChI is InChI=1S/2C12H11F3O2.C9H10O2.CH4/c2*1-8(7-12(13,14)15)9-3-5-10(6-4-9)11(16)17-2;1-7-3-5-8(6-4-7)9(10)11-2;/h3-7H,1-2H3;3-6H,1,7H2,2H3;3-6H,1-2H3;1H4/b8-7+;;;. The molecule has 6 nitrogen and oxygen atoms in total. The van der Waals surface area contributed by atoms with E-state index in [2.05, 4.69) is 20.8 Å². The van der Waals surface area contributed by atoms with E-state index in [1.807, 2.05) is 19.1 Å². The number of alkyl halides is 6. The normalized spacial score (nSPS) is 10.9. The fraction of sp³-hybridized carbons (Fsp3) is 0.265. The predicted octanol–water partition coefficient (Wildman–Crippen LogP) is 9.30. The van der Waals surface area contributed by atoms with Crippen LogP contribution in [0.2, 0.25) is 0 Å². The fourth-order valence-electron chi connectivity index (χ4n) is 3.43. The second kappa shape index (κ2) is 18.8. The van der Waals surface area contributed by atoms with E-state index in [9.17, 15) is 40.7 Å². The molecule has 0 N–H and O–H groups in total. The Kier molecular flexibility index (Phi) is 16.8. The molecule has 12 heteroatoms. The summed E-state index contributed by atoms with van der Waals surface area (Å²) in [7, 11) is 3.85. The van der Waals surface area contributed by atoms with Gasteiger partial charge in [-0.15, -0.1) is 0 Å². The van der Waals surface area contributed by atoms with Gasteiger partial charge in [0, 0.05) is 6.08 Å². The van der Waals surface area contributed by atoms with E-state index >= 15 is 0 Å². The van der Waals surface area contributed by atoms with Crippen molar-refractivity contribution in [1.29, 1.82) is 0 Å². The highest BCUT2D eigenvalue weighted by Gasteiger charge is 2.28. The summed E-state index contributed by atoms with van der Waals surface area (Å²) in [5, 5.41) is 0. The molecule has 3 aromatic rings. The van der Waals surface area contributed by atoms with Crippen LogP contribution in [0.25, 0.3) is 11.1 Å². The van der Waals surface area contributed by atoms with Gasteiger partial charge in [0.2, 0.25) is 0 Å². The van der Waals surface area contributed by atoms with Crippen molar-refractivity contribution in [3.05, 3.63) is 119 Å². The second-order valence-electron chi connectivity index (χ2n) is 9.26. The highest BCUT2D eigenvalue weighted by Crippen LogP contribution is 2.29. The maximum Gasteiger partial charge on any atom is 0.410 e. The number of rotatable bonds is 6. The first kappa shape index (κ1) is 41.1. The van der Waals surface area contributed by atoms with Crippen LogP contribution in [-0.4, -0.2) is 51.6 Å². The van der Waals surface area contributed by atoms with Gasteiger partial charge in [0.25, 0.3) is 0 Å². The number of carbonyl (C=O) groups excluding carboxylic acids is 3. The number of carbonyl (C=O) groups is 3. The molecule has 3 rings (SSSR count). The minimum Gasteiger partial charge on any atom is -0.465 e. The molecule has 0 unspecified atom stereocenters. The molecule has 0 fully saturated rings. The van der Waals surface area contributed by atoms with Crippen molar-refractivity contribution >= 4 is 29.1 Å². The Morgan fingerprint density at radius 2 is 0.935 bits per heavy atom. The van der Waals surface area contributed by atoms with Gasteiger partial charge >= 0.3 is 30.3 Å². The number of methoxy groups -OCH3 is 3. The lowest BCUT2D eigenvalue weighted by atomic mass is 10.0. The second-order valence-corrected chi connectivity index (χ2v) is 9.26. The summed E-state index contributed by atoms with van der Waals surface area (Å²) in [6.45, 7) is 6.70. The maximum absolute atomic E-state index is 12.1. The Balaban J connectivity index is 0.000000669. The zero-order chi connectivity index (χ0) is 34.4. The van der Waals surface area contributed by atoms with E-state index in [4.69, 9.17) is 0 Å². The lowest BCUT2D eigenvalue weighted by Gasteiger charge is -2.09. The Bertz CT molecular complexity index is 1450. The first-order chi connectivity index (χ1) is 20.9. The molecule has 46 heavy (non-hydrogen) atoms. The van der Waals surface area contributed by atoms with Gasteiger partial charge in [-0.1, -0.05) is 56.0 Å². The van der Waals surface area contributed by atoms with Gasteiger partial charge in [-0.3, -0.25) is 0 Å². The van der Waals surface area contributed by atoms with Crippen molar-refractivity contribution in [1.82, 2.24) is 0 Å².